The van der Waals surface area contributed by atoms with Crippen molar-refractivity contribution in [3.05, 3.63) is 0 Å². The van der Waals surface area contributed by atoms with Crippen molar-refractivity contribution in [3.63, 3.8) is 0 Å². The highest BCUT2D eigenvalue weighted by Gasteiger charge is 2.42. The molecule has 1 aliphatic rings. The lowest BCUT2D eigenvalue weighted by Gasteiger charge is -2.39. The Morgan fingerprint density at radius 1 is 1.38 bits per heavy atom. The predicted molar refractivity (Wildman–Crippen MR) is 65.5 cm³/mol. The molecule has 0 amide bonds. The highest BCUT2D eigenvalue weighted by atomic mass is 32.1. The lowest BCUT2D eigenvalue weighted by atomic mass is 9.97. The lowest BCUT2D eigenvalue weighted by Crippen LogP contribution is -2.62. The molecule has 0 aromatic heterocycles. The summed E-state index contributed by atoms with van der Waals surface area (Å²) in [4.78, 5) is 0. The molecule has 0 radical (unpaired) electrons. The zero-order chi connectivity index (χ0) is 12.7. The molecule has 0 aromatic carbocycles. The van der Waals surface area contributed by atoms with Gasteiger partial charge in [0.05, 0.1) is 12.6 Å². The molecule has 6 nitrogen and oxygen atoms in total. The Morgan fingerprint density at radius 3 is 2.25 bits per heavy atom. The molecule has 0 aromatic rings. The molecule has 16 heavy (non-hydrogen) atoms. The Bertz CT molecular complexity index is 209. The summed E-state index contributed by atoms with van der Waals surface area (Å²) in [6.45, 7) is -0.439. The van der Waals surface area contributed by atoms with Gasteiger partial charge in [0.25, 0.3) is 0 Å². The van der Waals surface area contributed by atoms with Gasteiger partial charge in [-0.1, -0.05) is 12.2 Å². The second-order valence-electron chi connectivity index (χ2n) is 3.15. The second kappa shape index (κ2) is 8.31. The van der Waals surface area contributed by atoms with Crippen LogP contribution in [0, 0.1) is 0 Å². The van der Waals surface area contributed by atoms with Gasteiger partial charge in [0.1, 0.15) is 18.3 Å². The summed E-state index contributed by atoms with van der Waals surface area (Å²) in [5, 5.41) is 39.4. The summed E-state index contributed by atoms with van der Waals surface area (Å²) in [7, 11) is 1.53. The van der Waals surface area contributed by atoms with Crippen LogP contribution in [0.15, 0.2) is 0 Å². The summed E-state index contributed by atoms with van der Waals surface area (Å²) in [6.07, 6.45) is -4.49. The van der Waals surface area contributed by atoms with Gasteiger partial charge >= 0.3 is 0 Å². The van der Waals surface area contributed by atoms with E-state index in [9.17, 15) is 15.3 Å². The van der Waals surface area contributed by atoms with E-state index in [0.717, 1.165) is 0 Å². The average molecular weight is 271 g/mol. The van der Waals surface area contributed by atoms with Gasteiger partial charge in [0, 0.05) is 4.70 Å². The van der Waals surface area contributed by atoms with Gasteiger partial charge in [-0.15, -0.1) is 12.6 Å². The molecule has 1 rings (SSSR count). The smallest absolute Gasteiger partial charge is 0.173 e. The molecule has 1 aliphatic heterocycles. The van der Waals surface area contributed by atoms with Crippen molar-refractivity contribution in [3.8, 4) is 0 Å². The van der Waals surface area contributed by atoms with Crippen LogP contribution >= 0.6 is 24.8 Å². The number of aliphatic hydroxyl groups is 4. The number of hydrogen-bond acceptors (Lipinski definition) is 7. The molecule has 0 saturated carbocycles. The van der Waals surface area contributed by atoms with Crippen LogP contribution in [-0.4, -0.2) is 69.4 Å². The first-order valence-corrected chi connectivity index (χ1v) is 5.57. The largest absolute Gasteiger partial charge is 0.394 e. The summed E-state index contributed by atoms with van der Waals surface area (Å²) in [5.74, 6) is 0. The molecule has 1 saturated heterocycles. The Morgan fingerprint density at radius 2 is 1.88 bits per heavy atom. The van der Waals surface area contributed by atoms with Crippen LogP contribution < -0.4 is 5.32 Å². The van der Waals surface area contributed by atoms with E-state index in [2.05, 4.69) is 30.2 Å². The van der Waals surface area contributed by atoms with E-state index in [1.165, 1.54) is 11.7 Å². The highest BCUT2D eigenvalue weighted by molar-refractivity contribution is 8.08. The van der Waals surface area contributed by atoms with E-state index in [1.807, 2.05) is 0 Å². The minimum absolute atomic E-state index is 0.439. The van der Waals surface area contributed by atoms with E-state index in [0.29, 0.717) is 0 Å². The van der Waals surface area contributed by atoms with Gasteiger partial charge in [-0.05, 0) is 7.05 Å². The quantitative estimate of drug-likeness (QED) is 0.252. The van der Waals surface area contributed by atoms with Crippen LogP contribution in [0.1, 0.15) is 0 Å². The molecule has 1 fully saturated rings. The Labute approximate surface area is 105 Å². The third-order valence-electron chi connectivity index (χ3n) is 2.23. The summed E-state index contributed by atoms with van der Waals surface area (Å²) in [5.41, 5.74) is 0. The van der Waals surface area contributed by atoms with Crippen LogP contribution in [-0.2, 0) is 4.74 Å². The SMILES string of the molecule is CN[C@H]1C(O)O[C@H](CO)[C@@H](O)[C@@H]1O.S=CS. The van der Waals surface area contributed by atoms with Crippen molar-refractivity contribution in [1.29, 1.82) is 0 Å². The van der Waals surface area contributed by atoms with Crippen LogP contribution in [0.3, 0.4) is 0 Å². The normalized spacial score (nSPS) is 38.5. The Hall–Kier alpha value is 0.200. The highest BCUT2D eigenvalue weighted by Crippen LogP contribution is 2.18. The van der Waals surface area contributed by atoms with E-state index in [-0.39, 0.29) is 0 Å². The Kier molecular flexibility index (Phi) is 8.42. The second-order valence-corrected chi connectivity index (χ2v) is 3.99. The number of rotatable bonds is 2. The molecule has 96 valence electrons. The molecule has 0 aliphatic carbocycles. The van der Waals surface area contributed by atoms with Crippen LogP contribution in [0.5, 0.6) is 0 Å². The van der Waals surface area contributed by atoms with Crippen molar-refractivity contribution < 1.29 is 25.2 Å². The van der Waals surface area contributed by atoms with Gasteiger partial charge in [0.2, 0.25) is 0 Å². The zero-order valence-electron chi connectivity index (χ0n) is 8.72. The molecule has 0 bridgehead atoms. The van der Waals surface area contributed by atoms with Crippen LogP contribution in [0.25, 0.3) is 0 Å². The monoisotopic (exact) mass is 271 g/mol. The third kappa shape index (κ3) is 4.22. The molecule has 8 heteroatoms. The fourth-order valence-electron chi connectivity index (χ4n) is 1.41. The standard InChI is InChI=1S/C7H15NO5.CH2S2/c1-8-4-6(11)5(10)3(2-9)13-7(4)12;2-1-3/h3-12H,2H2,1H3;1H,(H,2,3)/t3-,4-,5-,6-,7?;/m1./s1. The van der Waals surface area contributed by atoms with Gasteiger partial charge in [0.15, 0.2) is 6.29 Å². The van der Waals surface area contributed by atoms with E-state index >= 15 is 0 Å². The molecular weight excluding hydrogens is 254 g/mol. The number of hydrogen-bond donors (Lipinski definition) is 6. The number of thiocarbonyl (C=S) groups is 1. The zero-order valence-corrected chi connectivity index (χ0v) is 10.4. The topological polar surface area (TPSA) is 102 Å². The molecule has 1 unspecified atom stereocenters. The van der Waals surface area contributed by atoms with Crippen molar-refractivity contribution in [1.82, 2.24) is 5.32 Å². The Balaban J connectivity index is 0.000000673. The fourth-order valence-corrected chi connectivity index (χ4v) is 1.41. The number of aliphatic hydroxyl groups excluding tert-OH is 4. The van der Waals surface area contributed by atoms with Crippen molar-refractivity contribution >= 4 is 29.5 Å². The summed E-state index contributed by atoms with van der Waals surface area (Å²) >= 11 is 7.61. The van der Waals surface area contributed by atoms with Crippen molar-refractivity contribution in [2.75, 3.05) is 13.7 Å². The van der Waals surface area contributed by atoms with E-state index < -0.39 is 37.3 Å². The van der Waals surface area contributed by atoms with Crippen molar-refractivity contribution in [2.45, 2.75) is 30.6 Å². The first-order chi connectivity index (χ1) is 7.53. The van der Waals surface area contributed by atoms with E-state index in [4.69, 9.17) is 9.84 Å². The van der Waals surface area contributed by atoms with Crippen LogP contribution in [0.2, 0.25) is 0 Å². The maximum absolute atomic E-state index is 9.45. The van der Waals surface area contributed by atoms with Crippen molar-refractivity contribution in [2.24, 2.45) is 0 Å². The summed E-state index contributed by atoms with van der Waals surface area (Å²) < 4.78 is 6.13. The van der Waals surface area contributed by atoms with Crippen LogP contribution in [0.4, 0.5) is 0 Å². The molecule has 5 N–H and O–H groups in total. The molecule has 0 spiro atoms. The lowest BCUT2D eigenvalue weighted by molar-refractivity contribution is -0.253. The average Bonchev–Trinajstić information content (AvgIpc) is 2.25. The first-order valence-electron chi connectivity index (χ1n) is 4.59. The number of thiol groups is 1. The summed E-state index contributed by atoms with van der Waals surface area (Å²) in [6, 6.07) is -0.738. The maximum atomic E-state index is 9.45. The van der Waals surface area contributed by atoms with Gasteiger partial charge in [-0.2, -0.15) is 0 Å². The minimum atomic E-state index is -1.22. The van der Waals surface area contributed by atoms with Gasteiger partial charge < -0.3 is 30.5 Å². The number of ether oxygens (including phenoxy) is 1. The molecule has 5 atom stereocenters. The molecule has 1 heterocycles. The minimum Gasteiger partial charge on any atom is -0.394 e. The third-order valence-corrected chi connectivity index (χ3v) is 2.23. The van der Waals surface area contributed by atoms with Gasteiger partial charge in [-0.3, -0.25) is 0 Å². The molecular formula is C8H17NO5S2. The van der Waals surface area contributed by atoms with Gasteiger partial charge in [-0.25, -0.2) is 0 Å². The van der Waals surface area contributed by atoms with E-state index in [1.54, 1.807) is 0 Å². The fraction of sp³-hybridized carbons (Fsp3) is 0.875. The number of nitrogens with one attached hydrogen (secondary N) is 1. The number of likely N-dealkylation sites (N-methyl/N-ethyl adjacent to an activating group) is 1. The maximum Gasteiger partial charge on any atom is 0.173 e. The first kappa shape index (κ1) is 16.2. The predicted octanol–water partition coefficient (Wildman–Crippen LogP) is -2.12.